The zero-order valence-corrected chi connectivity index (χ0v) is 14.0. The Bertz CT molecular complexity index is 450. The largest absolute Gasteiger partial charge is 0.461 e. The molecule has 1 aliphatic rings. The van der Waals surface area contributed by atoms with Gasteiger partial charge in [0, 0.05) is 0 Å². The van der Waals surface area contributed by atoms with Crippen LogP contribution in [0.4, 0.5) is 4.79 Å². The number of amides is 1. The van der Waals surface area contributed by atoms with Gasteiger partial charge in [-0.1, -0.05) is 0 Å². The number of carbonyl (C=O) groups excluding carboxylic acids is 2. The van der Waals surface area contributed by atoms with Crippen molar-refractivity contribution in [2.24, 2.45) is 0 Å². The maximum Gasteiger partial charge on any atom is 0.408 e. The fraction of sp³-hybridized carbons (Fsp3) is 0.857. The third-order valence-electron chi connectivity index (χ3n) is 3.16. The summed E-state index contributed by atoms with van der Waals surface area (Å²) in [6, 6.07) is -1.03. The molecule has 0 spiro atoms. The number of carbonyl (C=O) groups is 2. The van der Waals surface area contributed by atoms with E-state index in [0.29, 0.717) is 0 Å². The fourth-order valence-corrected chi connectivity index (χ4v) is 1.90. The molecule has 5 N–H and O–H groups in total. The molecule has 1 aliphatic heterocycles. The summed E-state index contributed by atoms with van der Waals surface area (Å²) in [6.45, 7) is 5.90. The van der Waals surface area contributed by atoms with Crippen LogP contribution in [0.5, 0.6) is 0 Å². The Kier molecular flexibility index (Phi) is 6.93. The van der Waals surface area contributed by atoms with Crippen LogP contribution in [0.2, 0.25) is 0 Å². The summed E-state index contributed by atoms with van der Waals surface area (Å²) in [6.07, 6.45) is -8.60. The van der Waals surface area contributed by atoms with E-state index in [-0.39, 0.29) is 0 Å². The first-order valence-corrected chi connectivity index (χ1v) is 7.46. The summed E-state index contributed by atoms with van der Waals surface area (Å²) in [7, 11) is 0. The summed E-state index contributed by atoms with van der Waals surface area (Å²) in [5.41, 5.74) is -0.721. The predicted molar refractivity (Wildman–Crippen MR) is 78.7 cm³/mol. The molecule has 1 rings (SSSR count). The van der Waals surface area contributed by atoms with E-state index in [1.807, 2.05) is 0 Å². The lowest BCUT2D eigenvalue weighted by molar-refractivity contribution is -0.287. The van der Waals surface area contributed by atoms with Crippen LogP contribution in [0.25, 0.3) is 0 Å². The molecule has 0 aliphatic carbocycles. The van der Waals surface area contributed by atoms with Crippen molar-refractivity contribution in [2.45, 2.75) is 70.0 Å². The second kappa shape index (κ2) is 8.08. The van der Waals surface area contributed by atoms with Gasteiger partial charge in [-0.2, -0.15) is 0 Å². The highest BCUT2D eigenvalue weighted by Crippen LogP contribution is 2.20. The van der Waals surface area contributed by atoms with Gasteiger partial charge in [-0.25, -0.2) is 9.59 Å². The Labute approximate surface area is 139 Å². The van der Waals surface area contributed by atoms with Gasteiger partial charge in [0.2, 0.25) is 0 Å². The van der Waals surface area contributed by atoms with Gasteiger partial charge in [0.25, 0.3) is 0 Å². The average molecular weight is 351 g/mol. The number of ether oxygens (including phenoxy) is 3. The van der Waals surface area contributed by atoms with Crippen LogP contribution in [-0.4, -0.2) is 81.4 Å². The van der Waals surface area contributed by atoms with Crippen LogP contribution in [0.3, 0.4) is 0 Å². The average Bonchev–Trinajstić information content (AvgIpc) is 2.44. The van der Waals surface area contributed by atoms with E-state index in [1.54, 1.807) is 20.8 Å². The van der Waals surface area contributed by atoms with Gasteiger partial charge in [0.15, 0.2) is 6.29 Å². The lowest BCUT2D eigenvalue weighted by atomic mass is 9.99. The molecule has 0 saturated carbocycles. The van der Waals surface area contributed by atoms with Gasteiger partial charge >= 0.3 is 12.1 Å². The molecule has 1 amide bonds. The molecular weight excluding hydrogens is 326 g/mol. The van der Waals surface area contributed by atoms with Crippen molar-refractivity contribution in [1.82, 2.24) is 5.32 Å². The summed E-state index contributed by atoms with van der Waals surface area (Å²) in [5, 5.41) is 40.3. The molecule has 6 atom stereocenters. The molecule has 0 aromatic rings. The Morgan fingerprint density at radius 3 is 2.25 bits per heavy atom. The third-order valence-corrected chi connectivity index (χ3v) is 3.16. The summed E-state index contributed by atoms with van der Waals surface area (Å²) in [5.74, 6) is -0.827. The Morgan fingerprint density at radius 1 is 1.12 bits per heavy atom. The number of hydrogen-bond acceptors (Lipinski definition) is 9. The highest BCUT2D eigenvalue weighted by molar-refractivity contribution is 5.81. The molecule has 10 nitrogen and oxygen atoms in total. The van der Waals surface area contributed by atoms with Gasteiger partial charge in [-0.05, 0) is 27.7 Å². The summed E-state index contributed by atoms with van der Waals surface area (Å²) in [4.78, 5) is 23.4. The van der Waals surface area contributed by atoms with Crippen LogP contribution in [0.1, 0.15) is 27.7 Å². The van der Waals surface area contributed by atoms with Crippen molar-refractivity contribution in [3.05, 3.63) is 0 Å². The quantitative estimate of drug-likeness (QED) is 0.370. The SMILES string of the molecule is C[C@@H](NC(=O)OC(C)(C)C)C(=O)OC[C@@H]1O[C@H](O)[C@@H](O)[C@H](O)[C@H]1O. The van der Waals surface area contributed by atoms with Gasteiger partial charge in [-0.3, -0.25) is 0 Å². The number of nitrogens with one attached hydrogen (secondary N) is 1. The molecule has 0 aromatic carbocycles. The van der Waals surface area contributed by atoms with Crippen molar-refractivity contribution >= 4 is 12.1 Å². The molecular formula is C14H25NO9. The van der Waals surface area contributed by atoms with E-state index in [1.165, 1.54) is 6.92 Å². The fourth-order valence-electron chi connectivity index (χ4n) is 1.90. The van der Waals surface area contributed by atoms with Crippen LogP contribution < -0.4 is 5.32 Å². The number of aliphatic hydroxyl groups excluding tert-OH is 4. The Hall–Kier alpha value is -1.46. The normalized spacial score (nSPS) is 31.9. The topological polar surface area (TPSA) is 155 Å². The molecule has 1 heterocycles. The first kappa shape index (κ1) is 20.6. The van der Waals surface area contributed by atoms with Crippen molar-refractivity contribution in [1.29, 1.82) is 0 Å². The first-order chi connectivity index (χ1) is 10.9. The number of rotatable bonds is 4. The molecule has 0 aromatic heterocycles. The van der Waals surface area contributed by atoms with Crippen molar-refractivity contribution < 1.29 is 44.2 Å². The van der Waals surface area contributed by atoms with E-state index in [0.717, 1.165) is 0 Å². The second-order valence-electron chi connectivity index (χ2n) is 6.53. The highest BCUT2D eigenvalue weighted by atomic mass is 16.7. The lowest BCUT2D eigenvalue weighted by Gasteiger charge is -2.38. The summed E-state index contributed by atoms with van der Waals surface area (Å²) >= 11 is 0. The van der Waals surface area contributed by atoms with E-state index in [4.69, 9.17) is 14.2 Å². The molecule has 1 fully saturated rings. The number of alkyl carbamates (subject to hydrolysis) is 1. The first-order valence-electron chi connectivity index (χ1n) is 7.46. The lowest BCUT2D eigenvalue weighted by Crippen LogP contribution is -2.58. The second-order valence-corrected chi connectivity index (χ2v) is 6.53. The van der Waals surface area contributed by atoms with Gasteiger partial charge in [-0.15, -0.1) is 0 Å². The van der Waals surface area contributed by atoms with Gasteiger partial charge in [0.05, 0.1) is 0 Å². The van der Waals surface area contributed by atoms with E-state index >= 15 is 0 Å². The van der Waals surface area contributed by atoms with Crippen molar-refractivity contribution in [2.75, 3.05) is 6.61 Å². The standard InChI is InChI=1S/C14H25NO9/c1-6(15-13(21)24-14(2,3)4)11(19)22-5-7-8(16)9(17)10(18)12(20)23-7/h6-10,12,16-18,20H,5H2,1-4H3,(H,15,21)/t6-,7+,8+,9-,10+,12+/m1/s1. The van der Waals surface area contributed by atoms with Gasteiger partial charge in [0.1, 0.15) is 42.7 Å². The number of esters is 1. The predicted octanol–water partition coefficient (Wildman–Crippen LogP) is -1.76. The molecule has 0 unspecified atom stereocenters. The van der Waals surface area contributed by atoms with Crippen LogP contribution >= 0.6 is 0 Å². The minimum absolute atomic E-state index is 0.485. The number of hydrogen-bond donors (Lipinski definition) is 5. The maximum absolute atomic E-state index is 11.8. The minimum atomic E-state index is -1.72. The Balaban J connectivity index is 2.46. The zero-order chi connectivity index (χ0) is 18.7. The zero-order valence-electron chi connectivity index (χ0n) is 14.0. The molecule has 0 bridgehead atoms. The van der Waals surface area contributed by atoms with E-state index < -0.39 is 61.0 Å². The smallest absolute Gasteiger partial charge is 0.408 e. The molecule has 0 radical (unpaired) electrons. The van der Waals surface area contributed by atoms with Crippen LogP contribution in [0.15, 0.2) is 0 Å². The third kappa shape index (κ3) is 5.87. The van der Waals surface area contributed by atoms with Gasteiger partial charge < -0.3 is 40.0 Å². The van der Waals surface area contributed by atoms with E-state index in [2.05, 4.69) is 5.32 Å². The van der Waals surface area contributed by atoms with E-state index in [9.17, 15) is 30.0 Å². The molecule has 24 heavy (non-hydrogen) atoms. The van der Waals surface area contributed by atoms with Crippen molar-refractivity contribution in [3.63, 3.8) is 0 Å². The minimum Gasteiger partial charge on any atom is -0.461 e. The highest BCUT2D eigenvalue weighted by Gasteiger charge is 2.43. The molecule has 140 valence electrons. The summed E-state index contributed by atoms with van der Waals surface area (Å²) < 4.78 is 14.7. The van der Waals surface area contributed by atoms with Crippen LogP contribution in [-0.2, 0) is 19.0 Å². The van der Waals surface area contributed by atoms with Crippen LogP contribution in [0, 0.1) is 0 Å². The monoisotopic (exact) mass is 351 g/mol. The molecule has 1 saturated heterocycles. The molecule has 10 heteroatoms. The Morgan fingerprint density at radius 2 is 1.71 bits per heavy atom. The maximum atomic E-state index is 11.8. The number of aliphatic hydroxyl groups is 4. The van der Waals surface area contributed by atoms with Crippen molar-refractivity contribution in [3.8, 4) is 0 Å².